The largest absolute Gasteiger partial charge is 0.469 e. The first-order chi connectivity index (χ1) is 16.3. The smallest absolute Gasteiger partial charge is 0.462 e. The Morgan fingerprint density at radius 3 is 1.56 bits per heavy atom. The lowest BCUT2D eigenvalue weighted by atomic mass is 10.0. The van der Waals surface area contributed by atoms with E-state index >= 15 is 0 Å². The first-order valence-corrected chi connectivity index (χ1v) is 14.9. The van der Waals surface area contributed by atoms with Crippen LogP contribution in [0.3, 0.4) is 0 Å². The number of hydrogen-bond acceptors (Lipinski definition) is 6. The molecule has 0 rings (SSSR count). The Hall–Kier alpha value is -0.950. The van der Waals surface area contributed by atoms with Crippen LogP contribution in [0.4, 0.5) is 0 Å². The van der Waals surface area contributed by atoms with E-state index in [4.69, 9.17) is 19.3 Å². The summed E-state index contributed by atoms with van der Waals surface area (Å²) in [6, 6.07) is 0. The van der Waals surface area contributed by atoms with Gasteiger partial charge < -0.3 is 19.3 Å². The Balaban J connectivity index is 3.81. The molecule has 0 bridgehead atoms. The Bertz CT molecular complexity index is 549. The van der Waals surface area contributed by atoms with E-state index in [0.717, 1.165) is 25.7 Å². The molecule has 0 aliphatic rings. The summed E-state index contributed by atoms with van der Waals surface area (Å²) >= 11 is 0. The number of carbonyl (C=O) groups excluding carboxylic acids is 2. The van der Waals surface area contributed by atoms with Gasteiger partial charge in [0.2, 0.25) is 0 Å². The van der Waals surface area contributed by atoms with Crippen molar-refractivity contribution >= 4 is 19.8 Å². The van der Waals surface area contributed by atoms with E-state index in [9.17, 15) is 14.2 Å². The van der Waals surface area contributed by atoms with E-state index in [0.29, 0.717) is 6.42 Å². The predicted molar refractivity (Wildman–Crippen MR) is 133 cm³/mol. The fourth-order valence-electron chi connectivity index (χ4n) is 3.58. The van der Waals surface area contributed by atoms with Crippen molar-refractivity contribution in [2.75, 3.05) is 13.2 Å². The Labute approximate surface area is 206 Å². The molecule has 0 unspecified atom stereocenters. The van der Waals surface area contributed by atoms with Gasteiger partial charge in [-0.2, -0.15) is 0 Å². The first kappa shape index (κ1) is 33.0. The highest BCUT2D eigenvalue weighted by Crippen LogP contribution is 2.35. The normalized spacial score (nSPS) is 12.5. The zero-order chi connectivity index (χ0) is 25.5. The van der Waals surface area contributed by atoms with Crippen LogP contribution in [0.1, 0.15) is 129 Å². The zero-order valence-corrected chi connectivity index (χ0v) is 22.4. The van der Waals surface area contributed by atoms with Crippen LogP contribution in [0.15, 0.2) is 0 Å². The lowest BCUT2D eigenvalue weighted by Crippen LogP contribution is -2.29. The quantitative estimate of drug-likeness (QED) is 0.0849. The second kappa shape index (κ2) is 22.5. The summed E-state index contributed by atoms with van der Waals surface area (Å²) < 4.78 is 25.6. The molecular formula is C25H49O8P. The van der Waals surface area contributed by atoms with Crippen LogP contribution in [-0.4, -0.2) is 41.0 Å². The standard InChI is InChI=1S/C25H49O8P/c1-3-5-7-8-9-10-11-12-13-14-15-16-17-18-20-24(26)31-21-23(22-32-34(28,29)30)33-25(27)19-6-4-2/h23H,3-22H2,1-2H3,(H2,28,29,30)/t23-/m1/s1. The molecule has 9 heteroatoms. The van der Waals surface area contributed by atoms with Crippen molar-refractivity contribution in [2.24, 2.45) is 0 Å². The number of carbonyl (C=O) groups is 2. The van der Waals surface area contributed by atoms with Gasteiger partial charge in [-0.1, -0.05) is 104 Å². The van der Waals surface area contributed by atoms with E-state index < -0.39 is 32.5 Å². The van der Waals surface area contributed by atoms with Crippen LogP contribution >= 0.6 is 7.82 Å². The average molecular weight is 509 g/mol. The number of esters is 2. The summed E-state index contributed by atoms with van der Waals surface area (Å²) in [7, 11) is -4.71. The maximum Gasteiger partial charge on any atom is 0.469 e. The summed E-state index contributed by atoms with van der Waals surface area (Å²) in [6.45, 7) is 3.36. The minimum Gasteiger partial charge on any atom is -0.462 e. The molecule has 0 amide bonds. The van der Waals surface area contributed by atoms with Crippen molar-refractivity contribution in [3.05, 3.63) is 0 Å². The third kappa shape index (κ3) is 24.2. The van der Waals surface area contributed by atoms with Crippen molar-refractivity contribution in [1.82, 2.24) is 0 Å². The molecule has 1 atom stereocenters. The molecule has 0 aliphatic carbocycles. The summed E-state index contributed by atoms with van der Waals surface area (Å²) in [6.07, 6.45) is 18.2. The molecule has 0 heterocycles. The van der Waals surface area contributed by atoms with Crippen LogP contribution in [-0.2, 0) is 28.2 Å². The fraction of sp³-hybridized carbons (Fsp3) is 0.920. The SMILES string of the molecule is CCCCCCCCCCCCCCCCC(=O)OC[C@H](COP(=O)(O)O)OC(=O)CCCC. The molecular weight excluding hydrogens is 459 g/mol. The van der Waals surface area contributed by atoms with E-state index in [1.165, 1.54) is 70.6 Å². The number of phosphoric ester groups is 1. The molecule has 8 nitrogen and oxygen atoms in total. The Morgan fingerprint density at radius 1 is 0.647 bits per heavy atom. The number of hydrogen-bond donors (Lipinski definition) is 2. The first-order valence-electron chi connectivity index (χ1n) is 13.3. The van der Waals surface area contributed by atoms with Crippen LogP contribution in [0.2, 0.25) is 0 Å². The molecule has 0 radical (unpaired) electrons. The molecule has 0 aromatic heterocycles. The van der Waals surface area contributed by atoms with E-state index in [1.807, 2.05) is 6.92 Å². The summed E-state index contributed by atoms with van der Waals surface area (Å²) in [4.78, 5) is 41.5. The van der Waals surface area contributed by atoms with Gasteiger partial charge in [-0.15, -0.1) is 0 Å². The third-order valence-electron chi connectivity index (χ3n) is 5.63. The van der Waals surface area contributed by atoms with Gasteiger partial charge in [0.15, 0.2) is 6.10 Å². The van der Waals surface area contributed by atoms with E-state index in [2.05, 4.69) is 11.4 Å². The monoisotopic (exact) mass is 508 g/mol. The maximum absolute atomic E-state index is 12.0. The highest BCUT2D eigenvalue weighted by atomic mass is 31.2. The fourth-order valence-corrected chi connectivity index (χ4v) is 3.94. The van der Waals surface area contributed by atoms with Crippen LogP contribution in [0.25, 0.3) is 0 Å². The molecule has 0 saturated heterocycles. The highest BCUT2D eigenvalue weighted by Gasteiger charge is 2.22. The molecule has 0 aromatic carbocycles. The van der Waals surface area contributed by atoms with Crippen LogP contribution in [0.5, 0.6) is 0 Å². The van der Waals surface area contributed by atoms with Gasteiger partial charge in [-0.25, -0.2) is 4.57 Å². The van der Waals surface area contributed by atoms with Crippen molar-refractivity contribution in [3.63, 3.8) is 0 Å². The molecule has 0 aliphatic heterocycles. The molecule has 34 heavy (non-hydrogen) atoms. The van der Waals surface area contributed by atoms with Gasteiger partial charge >= 0.3 is 19.8 Å². The number of unbranched alkanes of at least 4 members (excludes halogenated alkanes) is 14. The average Bonchev–Trinajstić information content (AvgIpc) is 2.79. The molecule has 0 aromatic rings. The molecule has 0 saturated carbocycles. The highest BCUT2D eigenvalue weighted by molar-refractivity contribution is 7.46. The van der Waals surface area contributed by atoms with Crippen LogP contribution in [0, 0.1) is 0 Å². The van der Waals surface area contributed by atoms with Gasteiger partial charge in [0.1, 0.15) is 6.61 Å². The van der Waals surface area contributed by atoms with E-state index in [-0.39, 0.29) is 19.4 Å². The van der Waals surface area contributed by atoms with Crippen LogP contribution < -0.4 is 0 Å². The summed E-state index contributed by atoms with van der Waals surface area (Å²) in [5.74, 6) is -0.922. The minimum absolute atomic E-state index is 0.190. The minimum atomic E-state index is -4.71. The number of ether oxygens (including phenoxy) is 2. The maximum atomic E-state index is 12.0. The summed E-state index contributed by atoms with van der Waals surface area (Å²) in [5.41, 5.74) is 0. The Morgan fingerprint density at radius 2 is 1.09 bits per heavy atom. The molecule has 0 fully saturated rings. The Kier molecular flexibility index (Phi) is 21.9. The summed E-state index contributed by atoms with van der Waals surface area (Å²) in [5, 5.41) is 0. The molecule has 0 spiro atoms. The predicted octanol–water partition coefficient (Wildman–Crippen LogP) is 6.61. The van der Waals surface area contributed by atoms with Crippen molar-refractivity contribution < 1.29 is 37.9 Å². The lowest BCUT2D eigenvalue weighted by Gasteiger charge is -2.18. The van der Waals surface area contributed by atoms with Crippen molar-refractivity contribution in [2.45, 2.75) is 136 Å². The van der Waals surface area contributed by atoms with Crippen molar-refractivity contribution in [1.29, 1.82) is 0 Å². The third-order valence-corrected chi connectivity index (χ3v) is 6.11. The lowest BCUT2D eigenvalue weighted by molar-refractivity contribution is -0.161. The second-order valence-electron chi connectivity index (χ2n) is 9.03. The van der Waals surface area contributed by atoms with Gasteiger partial charge in [-0.3, -0.25) is 14.1 Å². The van der Waals surface area contributed by atoms with Gasteiger partial charge in [-0.05, 0) is 12.8 Å². The van der Waals surface area contributed by atoms with Crippen molar-refractivity contribution in [3.8, 4) is 0 Å². The van der Waals surface area contributed by atoms with Gasteiger partial charge in [0.25, 0.3) is 0 Å². The second-order valence-corrected chi connectivity index (χ2v) is 10.3. The van der Waals surface area contributed by atoms with Gasteiger partial charge in [0, 0.05) is 12.8 Å². The number of phosphoric acid groups is 1. The van der Waals surface area contributed by atoms with Gasteiger partial charge in [0.05, 0.1) is 6.61 Å². The van der Waals surface area contributed by atoms with E-state index in [1.54, 1.807) is 0 Å². The molecule has 202 valence electrons. The number of rotatable bonds is 24. The molecule has 2 N–H and O–H groups in total. The topological polar surface area (TPSA) is 119 Å². The zero-order valence-electron chi connectivity index (χ0n) is 21.5.